The van der Waals surface area contributed by atoms with Gasteiger partial charge in [-0.3, -0.25) is 14.4 Å². The van der Waals surface area contributed by atoms with Crippen LogP contribution >= 0.6 is 0 Å². The van der Waals surface area contributed by atoms with E-state index in [0.29, 0.717) is 25.7 Å². The van der Waals surface area contributed by atoms with Gasteiger partial charge in [-0.15, -0.1) is 0 Å². The summed E-state index contributed by atoms with van der Waals surface area (Å²) in [5.41, 5.74) is 0. The lowest BCUT2D eigenvalue weighted by molar-refractivity contribution is -0.167. The molecule has 0 aromatic rings. The number of carbonyl (C=O) groups is 3. The molecule has 0 aliphatic heterocycles. The average molecular weight is 1080 g/mol. The minimum Gasteiger partial charge on any atom is -0.462 e. The second-order valence-corrected chi connectivity index (χ2v) is 20.2. The Morgan fingerprint density at radius 3 is 0.859 bits per heavy atom. The van der Waals surface area contributed by atoms with Crippen LogP contribution in [0.4, 0.5) is 0 Å². The van der Waals surface area contributed by atoms with E-state index in [0.717, 1.165) is 154 Å². The van der Waals surface area contributed by atoms with Crippen LogP contribution in [0, 0.1) is 0 Å². The summed E-state index contributed by atoms with van der Waals surface area (Å²) in [6.07, 6.45) is 93.9. The molecule has 0 aromatic carbocycles. The fourth-order valence-corrected chi connectivity index (χ4v) is 8.01. The minimum atomic E-state index is -0.814. The zero-order chi connectivity index (χ0) is 56.4. The van der Waals surface area contributed by atoms with Crippen molar-refractivity contribution in [1.82, 2.24) is 0 Å². The topological polar surface area (TPSA) is 78.9 Å². The van der Waals surface area contributed by atoms with Crippen molar-refractivity contribution in [2.45, 2.75) is 264 Å². The third-order valence-corrected chi connectivity index (χ3v) is 12.7. The summed E-state index contributed by atoms with van der Waals surface area (Å²) >= 11 is 0. The molecule has 1 unspecified atom stereocenters. The lowest BCUT2D eigenvalue weighted by Crippen LogP contribution is -2.30. The molecule has 0 saturated carbocycles. The Kier molecular flexibility index (Phi) is 60.4. The molecule has 1 atom stereocenters. The van der Waals surface area contributed by atoms with E-state index in [4.69, 9.17) is 14.2 Å². The number of allylic oxidation sites excluding steroid dienone is 26. The van der Waals surface area contributed by atoms with Crippen LogP contribution in [-0.4, -0.2) is 37.2 Å². The van der Waals surface area contributed by atoms with Crippen LogP contribution in [-0.2, 0) is 28.6 Å². The highest BCUT2D eigenvalue weighted by Crippen LogP contribution is 2.13. The standard InChI is InChI=1S/C72H114O6/c1-4-7-10-13-16-19-22-25-27-28-29-30-31-32-33-34-35-36-37-38-39-40-41-42-43-44-45-48-50-53-56-59-62-65-71(74)77-68-69(67-76-70(73)64-61-58-55-52-49-46-24-21-18-15-12-9-6-3)78-72(75)66-63-60-57-54-51-47-26-23-20-17-14-11-8-5-2/h7,10,14,16-17,19,21,23-27,29-30,32-33,35-36,38-39,41-42,44-45,50,53,69H,4-6,8-9,11-13,15,18,20,22,28,31,34,37,40,43,46-49,51-52,54-68H2,1-3H3/b10-7-,17-14-,19-16-,24-21-,26-23-,27-25-,30-29-,33-32-,36-35-,39-38-,42-41-,45-44-,53-50-. The average Bonchev–Trinajstić information content (AvgIpc) is 3.44. The van der Waals surface area contributed by atoms with Crippen LogP contribution in [0.2, 0.25) is 0 Å². The fourth-order valence-electron chi connectivity index (χ4n) is 8.01. The molecule has 0 heterocycles. The highest BCUT2D eigenvalue weighted by Gasteiger charge is 2.19. The van der Waals surface area contributed by atoms with Crippen LogP contribution in [0.3, 0.4) is 0 Å². The highest BCUT2D eigenvalue weighted by molar-refractivity contribution is 5.71. The van der Waals surface area contributed by atoms with Crippen LogP contribution in [0.15, 0.2) is 158 Å². The Bertz CT molecular complexity index is 1760. The van der Waals surface area contributed by atoms with E-state index < -0.39 is 6.10 Å². The van der Waals surface area contributed by atoms with E-state index in [2.05, 4.69) is 179 Å². The number of carbonyl (C=O) groups excluding carboxylic acids is 3. The van der Waals surface area contributed by atoms with Gasteiger partial charge in [0, 0.05) is 19.3 Å². The van der Waals surface area contributed by atoms with Gasteiger partial charge in [-0.25, -0.2) is 0 Å². The van der Waals surface area contributed by atoms with Crippen molar-refractivity contribution in [3.8, 4) is 0 Å². The Balaban J connectivity index is 4.39. The maximum Gasteiger partial charge on any atom is 0.306 e. The van der Waals surface area contributed by atoms with Gasteiger partial charge in [0.15, 0.2) is 6.10 Å². The first-order valence-electron chi connectivity index (χ1n) is 31.5. The van der Waals surface area contributed by atoms with Gasteiger partial charge in [-0.1, -0.05) is 249 Å². The fraction of sp³-hybridized carbons (Fsp3) is 0.597. The van der Waals surface area contributed by atoms with Gasteiger partial charge in [0.05, 0.1) is 0 Å². The number of esters is 3. The van der Waals surface area contributed by atoms with Crippen LogP contribution in [0.5, 0.6) is 0 Å². The molecule has 0 saturated heterocycles. The number of hydrogen-bond acceptors (Lipinski definition) is 6. The maximum atomic E-state index is 12.9. The third-order valence-electron chi connectivity index (χ3n) is 12.7. The highest BCUT2D eigenvalue weighted by atomic mass is 16.6. The van der Waals surface area contributed by atoms with Crippen molar-refractivity contribution in [2.75, 3.05) is 13.2 Å². The molecule has 0 aromatic heterocycles. The van der Waals surface area contributed by atoms with Crippen LogP contribution < -0.4 is 0 Å². The molecular formula is C72H114O6. The largest absolute Gasteiger partial charge is 0.462 e. The van der Waals surface area contributed by atoms with Gasteiger partial charge in [-0.05, 0) is 148 Å². The summed E-state index contributed by atoms with van der Waals surface area (Å²) < 4.78 is 16.8. The zero-order valence-corrected chi connectivity index (χ0v) is 50.1. The van der Waals surface area contributed by atoms with Crippen molar-refractivity contribution in [1.29, 1.82) is 0 Å². The van der Waals surface area contributed by atoms with E-state index in [9.17, 15) is 14.4 Å². The Morgan fingerprint density at radius 2 is 0.513 bits per heavy atom. The molecule has 0 N–H and O–H groups in total. The summed E-state index contributed by atoms with van der Waals surface area (Å²) in [5.74, 6) is -0.981. The summed E-state index contributed by atoms with van der Waals surface area (Å²) in [4.78, 5) is 38.2. The van der Waals surface area contributed by atoms with Gasteiger partial charge < -0.3 is 14.2 Å². The van der Waals surface area contributed by atoms with Crippen molar-refractivity contribution in [3.63, 3.8) is 0 Å². The number of ether oxygens (including phenoxy) is 3. The minimum absolute atomic E-state index is 0.107. The molecule has 6 nitrogen and oxygen atoms in total. The second-order valence-electron chi connectivity index (χ2n) is 20.2. The van der Waals surface area contributed by atoms with Crippen LogP contribution in [0.1, 0.15) is 258 Å². The Hall–Kier alpha value is -4.97. The number of hydrogen-bond donors (Lipinski definition) is 0. The Labute approximate surface area is 480 Å². The van der Waals surface area contributed by atoms with E-state index in [1.807, 2.05) is 0 Å². The van der Waals surface area contributed by atoms with Gasteiger partial charge in [0.25, 0.3) is 0 Å². The lowest BCUT2D eigenvalue weighted by atomic mass is 10.1. The first-order chi connectivity index (χ1) is 38.5. The second kappa shape index (κ2) is 64.6. The molecule has 0 spiro atoms. The van der Waals surface area contributed by atoms with E-state index in [1.54, 1.807) is 0 Å². The molecule has 0 aliphatic rings. The van der Waals surface area contributed by atoms with Gasteiger partial charge in [0.1, 0.15) is 13.2 Å². The van der Waals surface area contributed by atoms with Crippen molar-refractivity contribution in [3.05, 3.63) is 158 Å². The summed E-state index contributed by atoms with van der Waals surface area (Å²) in [7, 11) is 0. The Morgan fingerprint density at radius 1 is 0.269 bits per heavy atom. The van der Waals surface area contributed by atoms with Crippen molar-refractivity contribution >= 4 is 17.9 Å². The van der Waals surface area contributed by atoms with Crippen molar-refractivity contribution < 1.29 is 28.6 Å². The van der Waals surface area contributed by atoms with E-state index in [-0.39, 0.29) is 31.1 Å². The quantitative estimate of drug-likeness (QED) is 0.0261. The molecule has 0 rings (SSSR count). The smallest absolute Gasteiger partial charge is 0.306 e. The first-order valence-corrected chi connectivity index (χ1v) is 31.5. The predicted octanol–water partition coefficient (Wildman–Crippen LogP) is 21.7. The first kappa shape index (κ1) is 73.0. The maximum absolute atomic E-state index is 12.9. The zero-order valence-electron chi connectivity index (χ0n) is 50.1. The molecule has 0 radical (unpaired) electrons. The predicted molar refractivity (Wildman–Crippen MR) is 338 cm³/mol. The summed E-state index contributed by atoms with van der Waals surface area (Å²) in [6, 6.07) is 0. The van der Waals surface area contributed by atoms with Gasteiger partial charge in [0.2, 0.25) is 0 Å². The molecule has 6 heteroatoms. The summed E-state index contributed by atoms with van der Waals surface area (Å²) in [5, 5.41) is 0. The molecule has 0 fully saturated rings. The molecular weight excluding hydrogens is 961 g/mol. The molecule has 438 valence electrons. The lowest BCUT2D eigenvalue weighted by Gasteiger charge is -2.18. The van der Waals surface area contributed by atoms with E-state index in [1.165, 1.54) is 57.8 Å². The van der Waals surface area contributed by atoms with Crippen molar-refractivity contribution in [2.24, 2.45) is 0 Å². The molecule has 0 aliphatic carbocycles. The third kappa shape index (κ3) is 61.9. The monoisotopic (exact) mass is 1070 g/mol. The summed E-state index contributed by atoms with van der Waals surface area (Å²) in [6.45, 7) is 6.40. The van der Waals surface area contributed by atoms with Gasteiger partial charge in [-0.2, -0.15) is 0 Å². The van der Waals surface area contributed by atoms with E-state index >= 15 is 0 Å². The molecule has 0 bridgehead atoms. The van der Waals surface area contributed by atoms with Gasteiger partial charge >= 0.3 is 17.9 Å². The normalized spacial score (nSPS) is 13.2. The number of unbranched alkanes of at least 4 members (excludes halogenated alkanes) is 18. The molecule has 0 amide bonds. The van der Waals surface area contributed by atoms with Crippen LogP contribution in [0.25, 0.3) is 0 Å². The SMILES string of the molecule is CC/C=C\C/C=C\C/C=C\C/C=C\C/C=C\C/C=C\C/C=C\C/C=C\C/C=C\C/C=C\CCCCC(=O)OCC(COC(=O)CCCCCCC/C=C\CCCCCC)OC(=O)CCCCCCC/C=C\C/C=C\CCCC. The number of rotatable bonds is 55. The molecule has 78 heavy (non-hydrogen) atoms.